The van der Waals surface area contributed by atoms with Crippen molar-refractivity contribution in [3.05, 3.63) is 23.8 Å². The lowest BCUT2D eigenvalue weighted by molar-refractivity contribution is 0.0696. The Morgan fingerprint density at radius 3 is 2.65 bits per heavy atom. The topological polar surface area (TPSA) is 48.0 Å². The maximum Gasteiger partial charge on any atom is 0.411 e. The molecule has 3 rings (SSSR count). The second-order valence-electron chi connectivity index (χ2n) is 6.94. The van der Waals surface area contributed by atoms with Crippen LogP contribution in [0.2, 0.25) is 0 Å². The minimum atomic E-state index is -0.661. The molecular weight excluding hydrogens is 294 g/mol. The molecule has 1 saturated heterocycles. The molecule has 5 nitrogen and oxygen atoms in total. The average molecular weight is 319 g/mol. The van der Waals surface area contributed by atoms with E-state index in [1.807, 2.05) is 39.0 Å². The highest BCUT2D eigenvalue weighted by Crippen LogP contribution is 2.39. The molecule has 0 spiro atoms. The van der Waals surface area contributed by atoms with E-state index in [0.29, 0.717) is 24.8 Å². The summed E-state index contributed by atoms with van der Waals surface area (Å²) in [6.45, 7) is 7.18. The highest BCUT2D eigenvalue weighted by Gasteiger charge is 2.44. The summed E-state index contributed by atoms with van der Waals surface area (Å²) in [5.74, 6) is 2.10. The fourth-order valence-corrected chi connectivity index (χ4v) is 2.83. The molecule has 0 N–H and O–H groups in total. The first-order valence-electron chi connectivity index (χ1n) is 8.24. The van der Waals surface area contributed by atoms with E-state index in [1.54, 1.807) is 12.0 Å². The molecule has 2 fully saturated rings. The molecule has 23 heavy (non-hydrogen) atoms. The van der Waals surface area contributed by atoms with Crippen LogP contribution in [0, 0.1) is 5.92 Å². The van der Waals surface area contributed by atoms with Gasteiger partial charge < -0.3 is 19.1 Å². The second kappa shape index (κ2) is 5.95. The molecule has 0 bridgehead atoms. The van der Waals surface area contributed by atoms with Crippen molar-refractivity contribution in [2.45, 2.75) is 45.3 Å². The maximum absolute atomic E-state index is 12.1. The van der Waals surface area contributed by atoms with Crippen LogP contribution in [0.15, 0.2) is 18.2 Å². The van der Waals surface area contributed by atoms with Crippen LogP contribution < -0.4 is 9.47 Å². The smallest absolute Gasteiger partial charge is 0.411 e. The first kappa shape index (κ1) is 16.0. The summed E-state index contributed by atoms with van der Waals surface area (Å²) in [6, 6.07) is 5.89. The van der Waals surface area contributed by atoms with Gasteiger partial charge in [0.1, 0.15) is 0 Å². The summed E-state index contributed by atoms with van der Waals surface area (Å²) >= 11 is 0. The van der Waals surface area contributed by atoms with Gasteiger partial charge in [-0.05, 0) is 51.7 Å². The Kier molecular flexibility index (Phi) is 4.13. The van der Waals surface area contributed by atoms with Gasteiger partial charge in [-0.15, -0.1) is 0 Å². The standard InChI is InChI=1S/C18H25NO4/c1-12(2)19-11-18(3,23-17(19)20)14-7-8-15(21-4)16(9-14)22-10-13-5-6-13/h7-9,12-13H,5-6,10-11H2,1-4H3. The third kappa shape index (κ3) is 3.23. The van der Waals surface area contributed by atoms with Crippen molar-refractivity contribution >= 4 is 6.09 Å². The predicted molar refractivity (Wildman–Crippen MR) is 86.9 cm³/mol. The molecule has 1 aromatic carbocycles. The predicted octanol–water partition coefficient (Wildman–Crippen LogP) is 3.56. The molecule has 126 valence electrons. The highest BCUT2D eigenvalue weighted by atomic mass is 16.6. The molecule has 1 aliphatic heterocycles. The van der Waals surface area contributed by atoms with Crippen LogP contribution in [-0.2, 0) is 10.3 Å². The summed E-state index contributed by atoms with van der Waals surface area (Å²) < 4.78 is 17.0. The fraction of sp³-hybridized carbons (Fsp3) is 0.611. The Balaban J connectivity index is 1.83. The van der Waals surface area contributed by atoms with Crippen LogP contribution in [0.4, 0.5) is 4.79 Å². The number of carbonyl (C=O) groups is 1. The molecule has 1 aliphatic carbocycles. The zero-order valence-corrected chi connectivity index (χ0v) is 14.3. The van der Waals surface area contributed by atoms with Gasteiger partial charge in [0.25, 0.3) is 0 Å². The number of hydrogen-bond donors (Lipinski definition) is 0. The quantitative estimate of drug-likeness (QED) is 0.804. The summed E-state index contributed by atoms with van der Waals surface area (Å²) in [7, 11) is 1.64. The molecule has 1 aromatic rings. The molecule has 1 unspecified atom stereocenters. The molecule has 1 amide bonds. The first-order chi connectivity index (χ1) is 10.9. The fourth-order valence-electron chi connectivity index (χ4n) is 2.83. The average Bonchev–Trinajstić information content (AvgIpc) is 3.29. The van der Waals surface area contributed by atoms with Crippen LogP contribution in [0.5, 0.6) is 11.5 Å². The lowest BCUT2D eigenvalue weighted by atomic mass is 9.95. The SMILES string of the molecule is COc1ccc(C2(C)CN(C(C)C)C(=O)O2)cc1OCC1CC1. The van der Waals surface area contributed by atoms with E-state index in [-0.39, 0.29) is 12.1 Å². The van der Waals surface area contributed by atoms with E-state index < -0.39 is 5.60 Å². The Morgan fingerprint density at radius 2 is 2.09 bits per heavy atom. The van der Waals surface area contributed by atoms with Crippen LogP contribution in [0.3, 0.4) is 0 Å². The molecule has 1 saturated carbocycles. The minimum absolute atomic E-state index is 0.119. The van der Waals surface area contributed by atoms with E-state index in [9.17, 15) is 4.79 Å². The van der Waals surface area contributed by atoms with E-state index in [1.165, 1.54) is 12.8 Å². The van der Waals surface area contributed by atoms with Crippen molar-refractivity contribution in [3.8, 4) is 11.5 Å². The number of amides is 1. The van der Waals surface area contributed by atoms with Gasteiger partial charge in [0.15, 0.2) is 17.1 Å². The number of benzene rings is 1. The van der Waals surface area contributed by atoms with E-state index in [2.05, 4.69) is 0 Å². The van der Waals surface area contributed by atoms with Crippen LogP contribution in [0.25, 0.3) is 0 Å². The third-order valence-electron chi connectivity index (χ3n) is 4.59. The Bertz CT molecular complexity index is 597. The number of hydrogen-bond acceptors (Lipinski definition) is 4. The van der Waals surface area contributed by atoms with Gasteiger partial charge in [0, 0.05) is 11.6 Å². The van der Waals surface area contributed by atoms with Crippen molar-refractivity contribution in [3.63, 3.8) is 0 Å². The summed E-state index contributed by atoms with van der Waals surface area (Å²) in [5.41, 5.74) is 0.270. The van der Waals surface area contributed by atoms with Gasteiger partial charge in [0.2, 0.25) is 0 Å². The van der Waals surface area contributed by atoms with Crippen molar-refractivity contribution in [2.24, 2.45) is 5.92 Å². The minimum Gasteiger partial charge on any atom is -0.493 e. The molecule has 1 atom stereocenters. The third-order valence-corrected chi connectivity index (χ3v) is 4.59. The molecule has 2 aliphatic rings. The number of ether oxygens (including phenoxy) is 3. The zero-order chi connectivity index (χ0) is 16.6. The van der Waals surface area contributed by atoms with Gasteiger partial charge in [-0.1, -0.05) is 6.07 Å². The molecule has 5 heteroatoms. The van der Waals surface area contributed by atoms with E-state index in [0.717, 1.165) is 11.3 Å². The van der Waals surface area contributed by atoms with Crippen LogP contribution >= 0.6 is 0 Å². The second-order valence-corrected chi connectivity index (χ2v) is 6.94. The summed E-state index contributed by atoms with van der Waals surface area (Å²) in [4.78, 5) is 13.8. The number of nitrogens with zero attached hydrogens (tertiary/aromatic N) is 1. The Labute approximate surface area is 137 Å². The lowest BCUT2D eigenvalue weighted by Crippen LogP contribution is -2.34. The number of carbonyl (C=O) groups excluding carboxylic acids is 1. The van der Waals surface area contributed by atoms with Gasteiger partial charge in [-0.3, -0.25) is 0 Å². The van der Waals surface area contributed by atoms with Gasteiger partial charge >= 0.3 is 6.09 Å². The van der Waals surface area contributed by atoms with Crippen molar-refractivity contribution in [2.75, 3.05) is 20.3 Å². The van der Waals surface area contributed by atoms with Crippen LogP contribution in [-0.4, -0.2) is 37.3 Å². The molecule has 0 radical (unpaired) electrons. The maximum atomic E-state index is 12.1. The van der Waals surface area contributed by atoms with E-state index >= 15 is 0 Å². The van der Waals surface area contributed by atoms with Crippen molar-refractivity contribution in [1.29, 1.82) is 0 Å². The van der Waals surface area contributed by atoms with Gasteiger partial charge in [0.05, 0.1) is 20.3 Å². The number of rotatable bonds is 6. The lowest BCUT2D eigenvalue weighted by Gasteiger charge is -2.24. The Morgan fingerprint density at radius 1 is 1.35 bits per heavy atom. The van der Waals surface area contributed by atoms with E-state index in [4.69, 9.17) is 14.2 Å². The monoisotopic (exact) mass is 319 g/mol. The normalized spacial score (nSPS) is 24.0. The zero-order valence-electron chi connectivity index (χ0n) is 14.3. The first-order valence-corrected chi connectivity index (χ1v) is 8.24. The number of cyclic esters (lactones) is 1. The largest absolute Gasteiger partial charge is 0.493 e. The molecular formula is C18H25NO4. The molecule has 1 heterocycles. The van der Waals surface area contributed by atoms with Crippen LogP contribution in [0.1, 0.15) is 39.2 Å². The molecule has 0 aromatic heterocycles. The van der Waals surface area contributed by atoms with Gasteiger partial charge in [-0.25, -0.2) is 4.79 Å². The van der Waals surface area contributed by atoms with Crippen molar-refractivity contribution < 1.29 is 19.0 Å². The van der Waals surface area contributed by atoms with Crippen molar-refractivity contribution in [1.82, 2.24) is 4.90 Å². The summed E-state index contributed by atoms with van der Waals surface area (Å²) in [5, 5.41) is 0. The highest BCUT2D eigenvalue weighted by molar-refractivity contribution is 5.71. The summed E-state index contributed by atoms with van der Waals surface area (Å²) in [6.07, 6.45) is 2.21. The number of methoxy groups -OCH3 is 1. The Hall–Kier alpha value is -1.91. The van der Waals surface area contributed by atoms with Gasteiger partial charge in [-0.2, -0.15) is 0 Å².